The second-order valence-electron chi connectivity index (χ2n) is 5.94. The predicted octanol–water partition coefficient (Wildman–Crippen LogP) is 1.10. The molecular formula is C17H22N4O3. The maximum atomic E-state index is 12.3. The van der Waals surface area contributed by atoms with E-state index in [1.807, 2.05) is 24.3 Å². The zero-order valence-electron chi connectivity index (χ0n) is 13.8. The lowest BCUT2D eigenvalue weighted by atomic mass is 10.2. The zero-order valence-corrected chi connectivity index (χ0v) is 13.8. The zero-order chi connectivity index (χ0) is 16.9. The number of nitrogens with zero attached hydrogens (tertiary/aromatic N) is 3. The normalized spacial score (nSPS) is 13.9. The van der Waals surface area contributed by atoms with Crippen LogP contribution in [0.5, 0.6) is 5.75 Å². The smallest absolute Gasteiger partial charge is 0.346 e. The molecule has 1 amide bonds. The molecule has 0 saturated carbocycles. The largest absolute Gasteiger partial charge is 0.497 e. The summed E-state index contributed by atoms with van der Waals surface area (Å²) < 4.78 is 8.07. The fraction of sp³-hybridized carbons (Fsp3) is 0.471. The van der Waals surface area contributed by atoms with E-state index in [2.05, 4.69) is 10.4 Å². The van der Waals surface area contributed by atoms with Gasteiger partial charge in [0.1, 0.15) is 18.1 Å². The fourth-order valence-corrected chi connectivity index (χ4v) is 2.86. The first kappa shape index (κ1) is 16.3. The first-order valence-electron chi connectivity index (χ1n) is 8.23. The average molecular weight is 330 g/mol. The van der Waals surface area contributed by atoms with E-state index < -0.39 is 0 Å². The van der Waals surface area contributed by atoms with Crippen molar-refractivity contribution in [2.75, 3.05) is 7.11 Å². The third-order valence-corrected chi connectivity index (χ3v) is 4.22. The number of carbonyl (C=O) groups excluding carboxylic acids is 1. The van der Waals surface area contributed by atoms with Crippen LogP contribution < -0.4 is 15.7 Å². The van der Waals surface area contributed by atoms with Crippen molar-refractivity contribution in [2.24, 2.45) is 0 Å². The molecule has 1 aliphatic rings. The third kappa shape index (κ3) is 3.67. The van der Waals surface area contributed by atoms with Gasteiger partial charge in [-0.3, -0.25) is 9.36 Å². The molecule has 128 valence electrons. The Hall–Kier alpha value is -2.57. The summed E-state index contributed by atoms with van der Waals surface area (Å²) in [5.41, 5.74) is 0.781. The molecule has 0 aliphatic carbocycles. The van der Waals surface area contributed by atoms with Crippen LogP contribution in [-0.4, -0.2) is 27.4 Å². The number of amides is 1. The summed E-state index contributed by atoms with van der Waals surface area (Å²) in [6.07, 6.45) is 3.95. The van der Waals surface area contributed by atoms with Crippen molar-refractivity contribution >= 4 is 5.91 Å². The number of aryl methyl sites for hydroxylation is 1. The molecule has 1 aliphatic heterocycles. The summed E-state index contributed by atoms with van der Waals surface area (Å²) >= 11 is 0. The van der Waals surface area contributed by atoms with E-state index in [-0.39, 0.29) is 18.1 Å². The van der Waals surface area contributed by atoms with Crippen molar-refractivity contribution in [3.63, 3.8) is 0 Å². The van der Waals surface area contributed by atoms with Gasteiger partial charge < -0.3 is 10.1 Å². The number of hydrogen-bond acceptors (Lipinski definition) is 4. The Morgan fingerprint density at radius 2 is 2.04 bits per heavy atom. The van der Waals surface area contributed by atoms with Gasteiger partial charge >= 0.3 is 5.69 Å². The summed E-state index contributed by atoms with van der Waals surface area (Å²) in [6, 6.07) is 7.48. The van der Waals surface area contributed by atoms with Crippen molar-refractivity contribution in [3.05, 3.63) is 46.1 Å². The Kier molecular flexibility index (Phi) is 4.98. The highest BCUT2D eigenvalue weighted by Crippen LogP contribution is 2.11. The average Bonchev–Trinajstić information content (AvgIpc) is 2.78. The van der Waals surface area contributed by atoms with E-state index in [4.69, 9.17) is 4.74 Å². The number of rotatable bonds is 5. The van der Waals surface area contributed by atoms with Crippen LogP contribution in [0.3, 0.4) is 0 Å². The molecule has 1 N–H and O–H groups in total. The molecule has 7 nitrogen and oxygen atoms in total. The molecule has 0 unspecified atom stereocenters. The highest BCUT2D eigenvalue weighted by atomic mass is 16.5. The first-order chi connectivity index (χ1) is 11.7. The summed E-state index contributed by atoms with van der Waals surface area (Å²) in [7, 11) is 1.61. The molecule has 0 bridgehead atoms. The molecule has 24 heavy (non-hydrogen) atoms. The Morgan fingerprint density at radius 3 is 2.79 bits per heavy atom. The van der Waals surface area contributed by atoms with Gasteiger partial charge in [-0.25, -0.2) is 9.48 Å². The molecular weight excluding hydrogens is 308 g/mol. The quantitative estimate of drug-likeness (QED) is 0.890. The molecule has 3 rings (SSSR count). The minimum absolute atomic E-state index is 0.0466. The second-order valence-corrected chi connectivity index (χ2v) is 5.94. The third-order valence-electron chi connectivity index (χ3n) is 4.22. The van der Waals surface area contributed by atoms with Crippen LogP contribution in [0.25, 0.3) is 0 Å². The van der Waals surface area contributed by atoms with Gasteiger partial charge in [0.05, 0.1) is 7.11 Å². The number of hydrogen-bond donors (Lipinski definition) is 1. The molecule has 1 aromatic carbocycles. The number of carbonyl (C=O) groups is 1. The standard InChI is InChI=1S/C17H22N4O3/c1-24-14-8-6-13(7-9-14)11-18-16(22)12-21-17(23)20-10-4-2-3-5-15(20)19-21/h6-9H,2-5,10-12H2,1H3,(H,18,22). The van der Waals surface area contributed by atoms with E-state index >= 15 is 0 Å². The number of aromatic nitrogens is 3. The van der Waals surface area contributed by atoms with E-state index in [1.54, 1.807) is 11.7 Å². The minimum atomic E-state index is -0.221. The van der Waals surface area contributed by atoms with Crippen molar-refractivity contribution in [3.8, 4) is 5.75 Å². The number of benzene rings is 1. The van der Waals surface area contributed by atoms with Crippen LogP contribution in [0, 0.1) is 0 Å². The number of nitrogens with one attached hydrogen (secondary N) is 1. The maximum Gasteiger partial charge on any atom is 0.346 e. The fourth-order valence-electron chi connectivity index (χ4n) is 2.86. The van der Waals surface area contributed by atoms with Gasteiger partial charge in [-0.2, -0.15) is 5.10 Å². The van der Waals surface area contributed by atoms with Gasteiger partial charge in [0.2, 0.25) is 5.91 Å². The molecule has 2 heterocycles. The van der Waals surface area contributed by atoms with Gasteiger partial charge in [-0.1, -0.05) is 18.6 Å². The molecule has 0 radical (unpaired) electrons. The Morgan fingerprint density at radius 1 is 1.25 bits per heavy atom. The van der Waals surface area contributed by atoms with Gasteiger partial charge in [0.25, 0.3) is 0 Å². The molecule has 0 fully saturated rings. The van der Waals surface area contributed by atoms with Gasteiger partial charge in [-0.05, 0) is 30.5 Å². The van der Waals surface area contributed by atoms with Crippen molar-refractivity contribution < 1.29 is 9.53 Å². The monoisotopic (exact) mass is 330 g/mol. The van der Waals surface area contributed by atoms with Crippen molar-refractivity contribution in [1.82, 2.24) is 19.7 Å². The second kappa shape index (κ2) is 7.33. The molecule has 1 aromatic heterocycles. The van der Waals surface area contributed by atoms with Gasteiger partial charge in [-0.15, -0.1) is 0 Å². The lowest BCUT2D eigenvalue weighted by Gasteiger charge is -2.06. The van der Waals surface area contributed by atoms with Crippen LogP contribution in [0.1, 0.15) is 30.7 Å². The molecule has 0 saturated heterocycles. The van der Waals surface area contributed by atoms with Crippen LogP contribution in [0.4, 0.5) is 0 Å². The highest BCUT2D eigenvalue weighted by molar-refractivity contribution is 5.75. The van der Waals surface area contributed by atoms with Crippen molar-refractivity contribution in [2.45, 2.75) is 45.3 Å². The van der Waals surface area contributed by atoms with Gasteiger partial charge in [0.15, 0.2) is 0 Å². The number of ether oxygens (including phenoxy) is 1. The number of methoxy groups -OCH3 is 1. The van der Waals surface area contributed by atoms with Crippen LogP contribution in [-0.2, 0) is 30.8 Å². The van der Waals surface area contributed by atoms with E-state index in [0.29, 0.717) is 13.1 Å². The Balaban J connectivity index is 1.59. The lowest BCUT2D eigenvalue weighted by molar-refractivity contribution is -0.122. The molecule has 2 aromatic rings. The van der Waals surface area contributed by atoms with Crippen LogP contribution >= 0.6 is 0 Å². The van der Waals surface area contributed by atoms with Crippen molar-refractivity contribution in [1.29, 1.82) is 0 Å². The van der Waals surface area contributed by atoms with E-state index in [0.717, 1.165) is 42.8 Å². The maximum absolute atomic E-state index is 12.3. The summed E-state index contributed by atoms with van der Waals surface area (Å²) in [5.74, 6) is 1.35. The lowest BCUT2D eigenvalue weighted by Crippen LogP contribution is -2.33. The Labute approximate surface area is 140 Å². The van der Waals surface area contributed by atoms with Crippen LogP contribution in [0.2, 0.25) is 0 Å². The number of fused-ring (bicyclic) bond motifs is 1. The molecule has 0 atom stereocenters. The summed E-state index contributed by atoms with van der Waals surface area (Å²) in [5, 5.41) is 7.13. The summed E-state index contributed by atoms with van der Waals surface area (Å²) in [4.78, 5) is 24.4. The van der Waals surface area contributed by atoms with E-state index in [9.17, 15) is 9.59 Å². The Bertz CT molecular complexity index is 761. The topological polar surface area (TPSA) is 78.2 Å². The highest BCUT2D eigenvalue weighted by Gasteiger charge is 2.17. The SMILES string of the molecule is COc1ccc(CNC(=O)Cn2nc3n(c2=O)CCCCC3)cc1. The predicted molar refractivity (Wildman–Crippen MR) is 88.9 cm³/mol. The minimum Gasteiger partial charge on any atom is -0.497 e. The molecule has 0 spiro atoms. The van der Waals surface area contributed by atoms with Crippen LogP contribution in [0.15, 0.2) is 29.1 Å². The van der Waals surface area contributed by atoms with Gasteiger partial charge in [0, 0.05) is 19.5 Å². The first-order valence-corrected chi connectivity index (χ1v) is 8.23. The van der Waals surface area contributed by atoms with E-state index in [1.165, 1.54) is 4.68 Å². The molecule has 7 heteroatoms. The summed E-state index contributed by atoms with van der Waals surface area (Å²) in [6.45, 7) is 1.06.